The van der Waals surface area contributed by atoms with Gasteiger partial charge in [0.15, 0.2) is 0 Å². The van der Waals surface area contributed by atoms with Crippen molar-refractivity contribution in [1.82, 2.24) is 13.5 Å². The van der Waals surface area contributed by atoms with Crippen LogP contribution in [-0.4, -0.2) is 93.7 Å². The van der Waals surface area contributed by atoms with Crippen LogP contribution in [0.2, 0.25) is 0 Å². The monoisotopic (exact) mass is 471 g/mol. The molecule has 0 bridgehead atoms. The van der Waals surface area contributed by atoms with E-state index in [0.29, 0.717) is 44.7 Å². The predicted molar refractivity (Wildman–Crippen MR) is 112 cm³/mol. The third kappa shape index (κ3) is 5.13. The van der Waals surface area contributed by atoms with Gasteiger partial charge < -0.3 is 4.74 Å². The number of amides is 1. The highest BCUT2D eigenvalue weighted by atomic mass is 35.5. The van der Waals surface area contributed by atoms with Crippen molar-refractivity contribution in [2.45, 2.75) is 32.2 Å². The van der Waals surface area contributed by atoms with Gasteiger partial charge in [-0.3, -0.25) is 9.69 Å². The lowest BCUT2D eigenvalue weighted by Gasteiger charge is -2.28. The fourth-order valence-corrected chi connectivity index (χ4v) is 6.89. The zero-order valence-corrected chi connectivity index (χ0v) is 19.3. The first-order chi connectivity index (χ1) is 13.2. The zero-order valence-electron chi connectivity index (χ0n) is 16.8. The van der Waals surface area contributed by atoms with Crippen LogP contribution >= 0.6 is 12.4 Å². The van der Waals surface area contributed by atoms with Gasteiger partial charge in [0, 0.05) is 19.6 Å². The minimum Gasteiger partial charge on any atom is -0.379 e. The van der Waals surface area contributed by atoms with E-state index < -0.39 is 37.9 Å². The first-order valence-electron chi connectivity index (χ1n) is 9.70. The highest BCUT2D eigenvalue weighted by molar-refractivity contribution is 7.89. The van der Waals surface area contributed by atoms with Crippen molar-refractivity contribution in [3.05, 3.63) is 11.8 Å². The molecular formula is C17H30ClN3O6S2. The summed E-state index contributed by atoms with van der Waals surface area (Å²) in [6, 6.07) is -0.712. The van der Waals surface area contributed by atoms with E-state index in [2.05, 4.69) is 4.90 Å². The maximum absolute atomic E-state index is 13.0. The number of hydrogen-bond donors (Lipinski definition) is 0. The molecule has 0 aromatic heterocycles. The molecule has 2 saturated heterocycles. The molecule has 0 aromatic carbocycles. The third-order valence-corrected chi connectivity index (χ3v) is 8.45. The number of carbonyl (C=O) groups excluding carboxylic acids is 1. The Morgan fingerprint density at radius 2 is 1.83 bits per heavy atom. The number of sulfonamides is 2. The van der Waals surface area contributed by atoms with Gasteiger partial charge in [-0.05, 0) is 25.5 Å². The Kier molecular flexibility index (Phi) is 8.13. The van der Waals surface area contributed by atoms with Crippen molar-refractivity contribution in [1.29, 1.82) is 0 Å². The molecule has 0 aliphatic carbocycles. The number of halogens is 1. The summed E-state index contributed by atoms with van der Waals surface area (Å²) in [6.45, 7) is 5.61. The van der Waals surface area contributed by atoms with Crippen molar-refractivity contribution < 1.29 is 26.4 Å². The summed E-state index contributed by atoms with van der Waals surface area (Å²) in [4.78, 5) is 14.9. The van der Waals surface area contributed by atoms with Gasteiger partial charge in [0.1, 0.15) is 0 Å². The van der Waals surface area contributed by atoms with Gasteiger partial charge in [-0.1, -0.05) is 13.3 Å². The second kappa shape index (κ2) is 9.61. The van der Waals surface area contributed by atoms with Crippen LogP contribution in [0.3, 0.4) is 0 Å². The van der Waals surface area contributed by atoms with Gasteiger partial charge in [0.25, 0.3) is 0 Å². The summed E-state index contributed by atoms with van der Waals surface area (Å²) < 4.78 is 57.7. The maximum atomic E-state index is 13.0. The number of carbonyl (C=O) groups is 1. The van der Waals surface area contributed by atoms with Crippen molar-refractivity contribution >= 4 is 38.4 Å². The fourth-order valence-electron chi connectivity index (χ4n) is 4.23. The summed E-state index contributed by atoms with van der Waals surface area (Å²) in [5, 5.41) is 0. The smallest absolute Gasteiger partial charge is 0.245 e. The van der Waals surface area contributed by atoms with Crippen molar-refractivity contribution in [3.63, 3.8) is 0 Å². The molecule has 1 amide bonds. The number of ether oxygens (including phenoxy) is 1. The average Bonchev–Trinajstić information content (AvgIpc) is 3.14. The molecule has 3 aliphatic heterocycles. The summed E-state index contributed by atoms with van der Waals surface area (Å²) in [5.41, 5.74) is 0.294. The summed E-state index contributed by atoms with van der Waals surface area (Å²) in [5.74, 6) is -1.19. The van der Waals surface area contributed by atoms with Crippen LogP contribution in [0.1, 0.15) is 26.2 Å². The number of fused-ring (bicyclic) bond motifs is 1. The second-order valence-electron chi connectivity index (χ2n) is 7.53. The summed E-state index contributed by atoms with van der Waals surface area (Å²) in [7, 11) is -7.39. The van der Waals surface area contributed by atoms with Gasteiger partial charge in [-0.15, -0.1) is 12.4 Å². The van der Waals surface area contributed by atoms with Crippen LogP contribution in [0.15, 0.2) is 11.8 Å². The zero-order chi connectivity index (χ0) is 20.5. The Labute approximate surface area is 179 Å². The van der Waals surface area contributed by atoms with Gasteiger partial charge >= 0.3 is 0 Å². The first kappa shape index (κ1) is 24.5. The maximum Gasteiger partial charge on any atom is 0.245 e. The Morgan fingerprint density at radius 3 is 2.41 bits per heavy atom. The summed E-state index contributed by atoms with van der Waals surface area (Å²) in [6.07, 6.45) is 4.16. The lowest BCUT2D eigenvalue weighted by molar-refractivity contribution is -0.127. The lowest BCUT2D eigenvalue weighted by atomic mass is 9.97. The molecule has 0 unspecified atom stereocenters. The van der Waals surface area contributed by atoms with E-state index in [1.807, 2.05) is 6.92 Å². The molecule has 0 radical (unpaired) electrons. The van der Waals surface area contributed by atoms with E-state index in [9.17, 15) is 21.6 Å². The minimum absolute atomic E-state index is 0. The molecule has 3 aliphatic rings. The Bertz CT molecular complexity index is 839. The number of rotatable bonds is 8. The van der Waals surface area contributed by atoms with Crippen LogP contribution in [0.25, 0.3) is 0 Å². The molecule has 3 heterocycles. The molecule has 0 N–H and O–H groups in total. The van der Waals surface area contributed by atoms with Crippen LogP contribution in [0.4, 0.5) is 0 Å². The third-order valence-electron chi connectivity index (χ3n) is 5.50. The Hall–Kier alpha value is -0.720. The summed E-state index contributed by atoms with van der Waals surface area (Å²) >= 11 is 0. The van der Waals surface area contributed by atoms with E-state index in [0.717, 1.165) is 23.7 Å². The predicted octanol–water partition coefficient (Wildman–Crippen LogP) is 0.247. The van der Waals surface area contributed by atoms with E-state index in [-0.39, 0.29) is 24.7 Å². The topological polar surface area (TPSA) is 104 Å². The number of hydrogen-bond acceptors (Lipinski definition) is 7. The van der Waals surface area contributed by atoms with Crippen molar-refractivity contribution in [2.75, 3.05) is 51.4 Å². The average molecular weight is 472 g/mol. The lowest BCUT2D eigenvalue weighted by Crippen LogP contribution is -2.43. The number of nitrogens with zero attached hydrogens (tertiary/aromatic N) is 3. The molecule has 12 heteroatoms. The number of morpholine rings is 1. The van der Waals surface area contributed by atoms with Gasteiger partial charge in [-0.2, -0.15) is 4.31 Å². The van der Waals surface area contributed by atoms with E-state index >= 15 is 0 Å². The van der Waals surface area contributed by atoms with Crippen molar-refractivity contribution in [2.24, 2.45) is 5.92 Å². The highest BCUT2D eigenvalue weighted by Crippen LogP contribution is 2.41. The van der Waals surface area contributed by atoms with E-state index in [1.165, 1.54) is 4.31 Å². The normalized spacial score (nSPS) is 26.3. The van der Waals surface area contributed by atoms with Crippen LogP contribution in [-0.2, 0) is 29.6 Å². The molecule has 3 rings (SSSR count). The Morgan fingerprint density at radius 1 is 1.17 bits per heavy atom. The van der Waals surface area contributed by atoms with E-state index in [4.69, 9.17) is 4.74 Å². The first-order valence-corrected chi connectivity index (χ1v) is 13.2. The largest absolute Gasteiger partial charge is 0.379 e. The molecule has 0 saturated carbocycles. The SMILES string of the molecule is CCC[C@H]1C(=O)N(S(C)(=O)=O)C2=CCN(S(=O)(=O)CCCN3CCOCC3)[C@@H]21.Cl. The van der Waals surface area contributed by atoms with Gasteiger partial charge in [-0.25, -0.2) is 21.1 Å². The van der Waals surface area contributed by atoms with Gasteiger partial charge in [0.2, 0.25) is 26.0 Å². The van der Waals surface area contributed by atoms with Gasteiger partial charge in [0.05, 0.1) is 42.9 Å². The quantitative estimate of drug-likeness (QED) is 0.499. The van der Waals surface area contributed by atoms with Crippen molar-refractivity contribution in [3.8, 4) is 0 Å². The minimum atomic E-state index is -3.78. The second-order valence-corrected chi connectivity index (χ2v) is 11.4. The fraction of sp³-hybridized carbons (Fsp3) is 0.824. The molecule has 0 spiro atoms. The highest BCUT2D eigenvalue weighted by Gasteiger charge is 2.54. The Balaban J connectivity index is 0.00000300. The molecular weight excluding hydrogens is 442 g/mol. The molecule has 2 atom stereocenters. The molecule has 0 aromatic rings. The van der Waals surface area contributed by atoms with Crippen LogP contribution < -0.4 is 0 Å². The van der Waals surface area contributed by atoms with Crippen LogP contribution in [0.5, 0.6) is 0 Å². The standard InChI is InChI=1S/C17H29N3O6S2.ClH/c1-3-5-14-16-15(20(17(14)21)27(2,22)23)6-8-19(16)28(24,25)13-4-7-18-9-11-26-12-10-18;/h6,14,16H,3-5,7-13H2,1-2H3;1H/t14-,16-;/m1./s1. The van der Waals surface area contributed by atoms with Crippen LogP contribution in [0, 0.1) is 5.92 Å². The molecule has 2 fully saturated rings. The molecule has 168 valence electrons. The van der Waals surface area contributed by atoms with E-state index in [1.54, 1.807) is 6.08 Å². The molecule has 29 heavy (non-hydrogen) atoms. The molecule has 9 nitrogen and oxygen atoms in total.